The number of aliphatic carboxylic acids is 1. The number of carboxylic acids is 1. The van der Waals surface area contributed by atoms with Gasteiger partial charge in [0.05, 0.1) is 13.5 Å². The summed E-state index contributed by atoms with van der Waals surface area (Å²) in [6.07, 6.45) is 1.88. The van der Waals surface area contributed by atoms with Crippen molar-refractivity contribution in [1.29, 1.82) is 0 Å². The van der Waals surface area contributed by atoms with Crippen LogP contribution in [0.4, 0.5) is 4.39 Å². The molecule has 3 aromatic carbocycles. The molecule has 3 aromatic rings. The van der Waals surface area contributed by atoms with Gasteiger partial charge in [-0.15, -0.1) is 0 Å². The topological polar surface area (TPSA) is 76.1 Å². The Morgan fingerprint density at radius 3 is 2.53 bits per heavy atom. The first kappa shape index (κ1) is 25.2. The van der Waals surface area contributed by atoms with Gasteiger partial charge < -0.3 is 19.5 Å². The van der Waals surface area contributed by atoms with Crippen molar-refractivity contribution < 1.29 is 28.6 Å². The fraction of sp³-hybridized carbons (Fsp3) is 0.310. The van der Waals surface area contributed by atoms with E-state index in [1.54, 1.807) is 19.2 Å². The minimum atomic E-state index is -1.05. The van der Waals surface area contributed by atoms with Crippen LogP contribution in [0.2, 0.25) is 0 Å². The van der Waals surface area contributed by atoms with E-state index in [9.17, 15) is 19.1 Å². The first-order chi connectivity index (χ1) is 17.2. The van der Waals surface area contributed by atoms with E-state index in [0.29, 0.717) is 25.0 Å². The highest BCUT2D eigenvalue weighted by Gasteiger charge is 2.35. The van der Waals surface area contributed by atoms with Crippen molar-refractivity contribution in [2.24, 2.45) is 0 Å². The van der Waals surface area contributed by atoms with Gasteiger partial charge in [0.1, 0.15) is 29.5 Å². The summed E-state index contributed by atoms with van der Waals surface area (Å²) in [5.74, 6) is -0.0897. The highest BCUT2D eigenvalue weighted by Crippen LogP contribution is 2.37. The SMILES string of the molecule is COc1ccccc1CCN(CC(=O)O)C(=O)Cc1ccc2c(c1)C[C@](C)(Cc1ccc(F)cc1)O2. The first-order valence-corrected chi connectivity index (χ1v) is 11.9. The number of hydrogen-bond acceptors (Lipinski definition) is 4. The Hall–Kier alpha value is -3.87. The Morgan fingerprint density at radius 1 is 1.08 bits per heavy atom. The monoisotopic (exact) mass is 491 g/mol. The molecule has 188 valence electrons. The third kappa shape index (κ3) is 6.22. The second-order valence-corrected chi connectivity index (χ2v) is 9.42. The summed E-state index contributed by atoms with van der Waals surface area (Å²) in [7, 11) is 1.58. The van der Waals surface area contributed by atoms with Crippen LogP contribution in [0.3, 0.4) is 0 Å². The van der Waals surface area contributed by atoms with Crippen molar-refractivity contribution in [3.63, 3.8) is 0 Å². The van der Waals surface area contributed by atoms with Crippen molar-refractivity contribution in [3.8, 4) is 11.5 Å². The molecule has 0 saturated heterocycles. The van der Waals surface area contributed by atoms with Gasteiger partial charge in [-0.25, -0.2) is 4.39 Å². The van der Waals surface area contributed by atoms with E-state index in [1.165, 1.54) is 17.0 Å². The van der Waals surface area contributed by atoms with Crippen LogP contribution in [-0.4, -0.2) is 47.7 Å². The molecule has 1 aliphatic heterocycles. The molecule has 1 aliphatic rings. The molecule has 0 spiro atoms. The van der Waals surface area contributed by atoms with Crippen molar-refractivity contribution in [2.45, 2.75) is 38.2 Å². The first-order valence-electron chi connectivity index (χ1n) is 11.9. The van der Waals surface area contributed by atoms with Crippen LogP contribution in [0, 0.1) is 5.82 Å². The van der Waals surface area contributed by atoms with Crippen LogP contribution in [-0.2, 0) is 35.3 Å². The van der Waals surface area contributed by atoms with Gasteiger partial charge >= 0.3 is 5.97 Å². The van der Waals surface area contributed by atoms with E-state index in [0.717, 1.165) is 28.0 Å². The van der Waals surface area contributed by atoms with Crippen LogP contribution in [0.1, 0.15) is 29.2 Å². The Kier molecular flexibility index (Phi) is 7.58. The molecule has 0 aromatic heterocycles. The molecule has 1 N–H and O–H groups in total. The molecular weight excluding hydrogens is 461 g/mol. The van der Waals surface area contributed by atoms with Crippen molar-refractivity contribution in [3.05, 3.63) is 94.8 Å². The number of halogens is 1. The van der Waals surface area contributed by atoms with E-state index in [1.807, 2.05) is 49.4 Å². The number of benzene rings is 3. The number of fused-ring (bicyclic) bond motifs is 1. The maximum absolute atomic E-state index is 13.3. The normalized spacial score (nSPS) is 16.2. The molecule has 0 saturated carbocycles. The predicted octanol–water partition coefficient (Wildman–Crippen LogP) is 4.47. The molecular formula is C29H30FNO5. The molecule has 1 heterocycles. The number of para-hydroxylation sites is 1. The van der Waals surface area contributed by atoms with Crippen molar-refractivity contribution in [2.75, 3.05) is 20.2 Å². The molecule has 0 aliphatic carbocycles. The van der Waals surface area contributed by atoms with Gasteiger partial charge in [-0.05, 0) is 59.9 Å². The van der Waals surface area contributed by atoms with Gasteiger partial charge in [0.2, 0.25) is 5.91 Å². The van der Waals surface area contributed by atoms with E-state index < -0.39 is 11.6 Å². The van der Waals surface area contributed by atoms with Crippen LogP contribution in [0.15, 0.2) is 66.7 Å². The number of nitrogens with zero attached hydrogens (tertiary/aromatic N) is 1. The summed E-state index contributed by atoms with van der Waals surface area (Å²) in [4.78, 5) is 25.9. The zero-order valence-electron chi connectivity index (χ0n) is 20.5. The molecule has 1 amide bonds. The number of amides is 1. The zero-order chi connectivity index (χ0) is 25.7. The average molecular weight is 492 g/mol. The average Bonchev–Trinajstić information content (AvgIpc) is 3.18. The maximum atomic E-state index is 13.3. The van der Waals surface area contributed by atoms with Gasteiger partial charge in [0.15, 0.2) is 0 Å². The number of hydrogen-bond donors (Lipinski definition) is 1. The minimum absolute atomic E-state index is 0.0984. The predicted molar refractivity (Wildman–Crippen MR) is 134 cm³/mol. The fourth-order valence-corrected chi connectivity index (χ4v) is 4.72. The largest absolute Gasteiger partial charge is 0.496 e. The lowest BCUT2D eigenvalue weighted by Gasteiger charge is -2.24. The number of carboxylic acid groups (broad SMARTS) is 1. The lowest BCUT2D eigenvalue weighted by atomic mass is 9.91. The molecule has 4 rings (SSSR count). The third-order valence-corrected chi connectivity index (χ3v) is 6.41. The van der Waals surface area contributed by atoms with Crippen LogP contribution in [0.25, 0.3) is 0 Å². The lowest BCUT2D eigenvalue weighted by molar-refractivity contribution is -0.144. The number of rotatable bonds is 10. The fourth-order valence-electron chi connectivity index (χ4n) is 4.72. The minimum Gasteiger partial charge on any atom is -0.496 e. The summed E-state index contributed by atoms with van der Waals surface area (Å²) in [5, 5.41) is 9.36. The molecule has 1 atom stereocenters. The number of ether oxygens (including phenoxy) is 2. The zero-order valence-corrected chi connectivity index (χ0v) is 20.5. The van der Waals surface area contributed by atoms with Crippen molar-refractivity contribution in [1.82, 2.24) is 4.90 Å². The van der Waals surface area contributed by atoms with E-state index in [-0.39, 0.29) is 31.2 Å². The van der Waals surface area contributed by atoms with E-state index in [2.05, 4.69) is 0 Å². The molecule has 6 nitrogen and oxygen atoms in total. The van der Waals surface area contributed by atoms with Crippen LogP contribution in [0.5, 0.6) is 11.5 Å². The highest BCUT2D eigenvalue weighted by molar-refractivity contribution is 5.83. The Balaban J connectivity index is 1.42. The second kappa shape index (κ2) is 10.8. The summed E-state index contributed by atoms with van der Waals surface area (Å²) >= 11 is 0. The maximum Gasteiger partial charge on any atom is 0.323 e. The molecule has 7 heteroatoms. The number of methoxy groups -OCH3 is 1. The van der Waals surface area contributed by atoms with Gasteiger partial charge in [0.25, 0.3) is 0 Å². The van der Waals surface area contributed by atoms with Crippen LogP contribution >= 0.6 is 0 Å². The quantitative estimate of drug-likeness (QED) is 0.453. The summed E-state index contributed by atoms with van der Waals surface area (Å²) in [6, 6.07) is 19.6. The Labute approximate surface area is 210 Å². The van der Waals surface area contributed by atoms with Gasteiger partial charge in [-0.3, -0.25) is 9.59 Å². The Bertz CT molecular complexity index is 1240. The molecule has 0 radical (unpaired) electrons. The molecule has 0 unspecified atom stereocenters. The third-order valence-electron chi connectivity index (χ3n) is 6.41. The summed E-state index contributed by atoms with van der Waals surface area (Å²) < 4.78 is 24.8. The standard InChI is InChI=1S/C29H30FNO5/c1-29(17-20-7-10-24(30)11-8-20)18-23-15-21(9-12-26(23)36-29)16-27(32)31(19-28(33)34)14-13-22-5-3-4-6-25(22)35-2/h3-12,15H,13-14,16-19H2,1-2H3,(H,33,34)/t29-/m0/s1. The molecule has 0 fully saturated rings. The van der Waals surface area contributed by atoms with E-state index >= 15 is 0 Å². The van der Waals surface area contributed by atoms with Crippen LogP contribution < -0.4 is 9.47 Å². The van der Waals surface area contributed by atoms with Gasteiger partial charge in [-0.2, -0.15) is 0 Å². The second-order valence-electron chi connectivity index (χ2n) is 9.42. The summed E-state index contributed by atoms with van der Waals surface area (Å²) in [5.41, 5.74) is 3.25. The Morgan fingerprint density at radius 2 is 1.81 bits per heavy atom. The smallest absolute Gasteiger partial charge is 0.323 e. The van der Waals surface area contributed by atoms with E-state index in [4.69, 9.17) is 9.47 Å². The molecule has 36 heavy (non-hydrogen) atoms. The number of carbonyl (C=O) groups excluding carboxylic acids is 1. The van der Waals surface area contributed by atoms with Crippen molar-refractivity contribution >= 4 is 11.9 Å². The molecule has 0 bridgehead atoms. The number of carbonyl (C=O) groups is 2. The van der Waals surface area contributed by atoms with Gasteiger partial charge in [0, 0.05) is 19.4 Å². The lowest BCUT2D eigenvalue weighted by Crippen LogP contribution is -2.38. The highest BCUT2D eigenvalue weighted by atomic mass is 19.1. The summed E-state index contributed by atoms with van der Waals surface area (Å²) in [6.45, 7) is 1.93. The van der Waals surface area contributed by atoms with Gasteiger partial charge in [-0.1, -0.05) is 42.5 Å².